The zero-order valence-electron chi connectivity index (χ0n) is 12.7. The molecule has 0 aromatic carbocycles. The molecule has 0 fully saturated rings. The van der Waals surface area contributed by atoms with Crippen molar-refractivity contribution in [2.75, 3.05) is 6.61 Å². The van der Waals surface area contributed by atoms with E-state index in [0.717, 1.165) is 25.7 Å². The smallest absolute Gasteiger partial charge is 0.0592 e. The molecule has 0 radical (unpaired) electrons. The minimum Gasteiger partial charge on any atom is -0.550 e. The van der Waals surface area contributed by atoms with E-state index in [-0.39, 0.29) is 6.42 Å². The quantitative estimate of drug-likeness (QED) is 0.452. The highest BCUT2D eigenvalue weighted by Gasteiger charge is 2.03. The minimum absolute atomic E-state index is 0.240. The number of carbonyl (C=O) groups excluding carboxylic acids is 1. The maximum absolute atomic E-state index is 10.2. The normalized spacial score (nSPS) is 12.5. The molecule has 0 saturated carbocycles. The number of aliphatic carboxylic acids is 1. The number of carbonyl (C=O) groups is 1. The number of carboxylic acids is 1. The summed E-state index contributed by atoms with van der Waals surface area (Å²) in [5.74, 6) is -1.17. The van der Waals surface area contributed by atoms with Crippen molar-refractivity contribution in [2.24, 2.45) is 0 Å². The van der Waals surface area contributed by atoms with Gasteiger partial charge in [-0.2, -0.15) is 0 Å². The van der Waals surface area contributed by atoms with E-state index >= 15 is 0 Å². The summed E-state index contributed by atoms with van der Waals surface area (Å²) in [5.41, 5.74) is 0. The molecule has 0 aromatic rings. The molecule has 0 rings (SSSR count). The Hall–Kier alpha value is -0.610. The summed E-state index contributed by atoms with van der Waals surface area (Å²) in [7, 11) is 0. The number of rotatable bonds is 15. The van der Waals surface area contributed by atoms with E-state index in [4.69, 9.17) is 5.11 Å². The van der Waals surface area contributed by atoms with E-state index in [1.807, 2.05) is 0 Å². The lowest BCUT2D eigenvalue weighted by atomic mass is 10.0. The van der Waals surface area contributed by atoms with Gasteiger partial charge in [0.1, 0.15) is 0 Å². The van der Waals surface area contributed by atoms with Crippen molar-refractivity contribution in [3.05, 3.63) is 0 Å². The highest BCUT2D eigenvalue weighted by molar-refractivity contribution is 5.64. The van der Waals surface area contributed by atoms with Gasteiger partial charge in [-0.3, -0.25) is 0 Å². The summed E-state index contributed by atoms with van der Waals surface area (Å²) < 4.78 is 0. The van der Waals surface area contributed by atoms with Crippen LogP contribution in [-0.4, -0.2) is 28.9 Å². The predicted octanol–water partition coefficient (Wildman–Crippen LogP) is 2.16. The van der Waals surface area contributed by atoms with Gasteiger partial charge in [-0.15, -0.1) is 0 Å². The van der Waals surface area contributed by atoms with Gasteiger partial charge in [-0.25, -0.2) is 0 Å². The molecule has 1 atom stereocenters. The van der Waals surface area contributed by atoms with Crippen molar-refractivity contribution in [1.82, 2.24) is 0 Å². The van der Waals surface area contributed by atoms with Gasteiger partial charge in [-0.1, -0.05) is 64.2 Å². The molecule has 0 bridgehead atoms. The topological polar surface area (TPSA) is 80.6 Å². The molecule has 0 saturated heterocycles. The van der Waals surface area contributed by atoms with Gasteiger partial charge >= 0.3 is 0 Å². The predicted molar refractivity (Wildman–Crippen MR) is 78.1 cm³/mol. The Morgan fingerprint density at radius 3 is 1.60 bits per heavy atom. The molecule has 120 valence electrons. The number of aliphatic hydroxyl groups excluding tert-OH is 2. The van der Waals surface area contributed by atoms with Crippen LogP contribution in [0.2, 0.25) is 0 Å². The van der Waals surface area contributed by atoms with Crippen LogP contribution in [0.25, 0.3) is 0 Å². The lowest BCUT2D eigenvalue weighted by Crippen LogP contribution is -2.27. The van der Waals surface area contributed by atoms with Crippen molar-refractivity contribution in [3.8, 4) is 0 Å². The molecule has 1 unspecified atom stereocenters. The van der Waals surface area contributed by atoms with Crippen LogP contribution in [0.5, 0.6) is 0 Å². The van der Waals surface area contributed by atoms with Gasteiger partial charge in [0.25, 0.3) is 0 Å². The van der Waals surface area contributed by atoms with E-state index in [2.05, 4.69) is 0 Å². The standard InChI is InChI=1S/C16H32O4/c17-13-11-9-7-5-3-1-2-4-6-8-10-12-15(18)14-16(19)20/h15,17-18H,1-14H2,(H,19,20)/p-1. The van der Waals surface area contributed by atoms with Crippen LogP contribution in [0.1, 0.15) is 83.5 Å². The van der Waals surface area contributed by atoms with Crippen molar-refractivity contribution in [2.45, 2.75) is 89.6 Å². The monoisotopic (exact) mass is 287 g/mol. The fourth-order valence-corrected chi connectivity index (χ4v) is 2.38. The van der Waals surface area contributed by atoms with Crippen LogP contribution in [0.3, 0.4) is 0 Å². The SMILES string of the molecule is O=C([O-])CC(O)CCCCCCCCCCCCCO. The first-order chi connectivity index (χ1) is 9.66. The van der Waals surface area contributed by atoms with Gasteiger partial charge in [0.2, 0.25) is 0 Å². The Bertz CT molecular complexity index is 219. The van der Waals surface area contributed by atoms with Crippen molar-refractivity contribution < 1.29 is 20.1 Å². The van der Waals surface area contributed by atoms with Gasteiger partial charge in [0.15, 0.2) is 0 Å². The minimum atomic E-state index is -1.17. The number of aliphatic hydroxyl groups is 2. The van der Waals surface area contributed by atoms with Gasteiger partial charge in [0, 0.05) is 19.0 Å². The Morgan fingerprint density at radius 1 is 0.800 bits per heavy atom. The van der Waals surface area contributed by atoms with Crippen molar-refractivity contribution in [3.63, 3.8) is 0 Å². The van der Waals surface area contributed by atoms with Crippen molar-refractivity contribution >= 4 is 5.97 Å². The Labute approximate surface area is 123 Å². The number of carboxylic acid groups (broad SMARTS) is 1. The summed E-state index contributed by atoms with van der Waals surface area (Å²) in [4.78, 5) is 10.2. The van der Waals surface area contributed by atoms with Gasteiger partial charge < -0.3 is 20.1 Å². The maximum Gasteiger partial charge on any atom is 0.0592 e. The zero-order valence-corrected chi connectivity index (χ0v) is 12.7. The Balaban J connectivity index is 3.08. The second kappa shape index (κ2) is 14.8. The number of hydrogen-bond donors (Lipinski definition) is 2. The fraction of sp³-hybridized carbons (Fsp3) is 0.938. The fourth-order valence-electron chi connectivity index (χ4n) is 2.38. The van der Waals surface area contributed by atoms with Crippen LogP contribution in [0.4, 0.5) is 0 Å². The third kappa shape index (κ3) is 15.4. The average Bonchev–Trinajstić information content (AvgIpc) is 2.39. The van der Waals surface area contributed by atoms with Crippen LogP contribution >= 0.6 is 0 Å². The van der Waals surface area contributed by atoms with Crippen LogP contribution < -0.4 is 5.11 Å². The second-order valence-electron chi connectivity index (χ2n) is 5.63. The van der Waals surface area contributed by atoms with E-state index in [1.54, 1.807) is 0 Å². The number of hydrogen-bond acceptors (Lipinski definition) is 4. The summed E-state index contributed by atoms with van der Waals surface area (Å²) in [6.07, 6.45) is 12.4. The lowest BCUT2D eigenvalue weighted by molar-refractivity contribution is -0.307. The van der Waals surface area contributed by atoms with E-state index in [1.165, 1.54) is 44.9 Å². The first kappa shape index (κ1) is 19.4. The van der Waals surface area contributed by atoms with Crippen molar-refractivity contribution in [1.29, 1.82) is 0 Å². The third-order valence-corrected chi connectivity index (χ3v) is 3.60. The first-order valence-corrected chi connectivity index (χ1v) is 8.15. The summed E-state index contributed by atoms with van der Waals surface area (Å²) in [6, 6.07) is 0. The summed E-state index contributed by atoms with van der Waals surface area (Å²) >= 11 is 0. The van der Waals surface area contributed by atoms with E-state index in [9.17, 15) is 15.0 Å². The first-order valence-electron chi connectivity index (χ1n) is 8.15. The highest BCUT2D eigenvalue weighted by Crippen LogP contribution is 2.13. The molecule has 0 aromatic heterocycles. The molecular weight excluding hydrogens is 256 g/mol. The molecule has 0 amide bonds. The largest absolute Gasteiger partial charge is 0.550 e. The molecule has 2 N–H and O–H groups in total. The molecular formula is C16H31O4-. The lowest BCUT2D eigenvalue weighted by Gasteiger charge is -2.10. The molecule has 0 aliphatic heterocycles. The second-order valence-corrected chi connectivity index (χ2v) is 5.63. The third-order valence-electron chi connectivity index (χ3n) is 3.60. The van der Waals surface area contributed by atoms with E-state index < -0.39 is 12.1 Å². The van der Waals surface area contributed by atoms with Gasteiger partial charge in [0.05, 0.1) is 6.10 Å². The Kier molecular flexibility index (Phi) is 14.3. The highest BCUT2D eigenvalue weighted by atomic mass is 16.4. The summed E-state index contributed by atoms with van der Waals surface area (Å²) in [5, 5.41) is 28.2. The van der Waals surface area contributed by atoms with Crippen LogP contribution in [0, 0.1) is 0 Å². The maximum atomic E-state index is 10.2. The molecule has 0 spiro atoms. The van der Waals surface area contributed by atoms with Crippen LogP contribution in [0.15, 0.2) is 0 Å². The summed E-state index contributed by atoms with van der Waals surface area (Å²) in [6.45, 7) is 0.317. The zero-order chi connectivity index (χ0) is 15.1. The molecule has 0 heterocycles. The molecule has 4 nitrogen and oxygen atoms in total. The Morgan fingerprint density at radius 2 is 1.20 bits per heavy atom. The number of unbranched alkanes of at least 4 members (excludes halogenated alkanes) is 10. The average molecular weight is 287 g/mol. The van der Waals surface area contributed by atoms with Gasteiger partial charge in [-0.05, 0) is 12.8 Å². The molecule has 20 heavy (non-hydrogen) atoms. The molecule has 0 aliphatic carbocycles. The molecule has 0 aliphatic rings. The molecule has 4 heteroatoms. The van der Waals surface area contributed by atoms with Crippen LogP contribution in [-0.2, 0) is 4.79 Å². The van der Waals surface area contributed by atoms with E-state index in [0.29, 0.717) is 13.0 Å².